The fourth-order valence-electron chi connectivity index (χ4n) is 2.70. The Hall–Kier alpha value is -0.570. The van der Waals surface area contributed by atoms with Gasteiger partial charge in [-0.15, -0.1) is 12.4 Å². The number of carbonyl (C=O) groups is 1. The summed E-state index contributed by atoms with van der Waals surface area (Å²) in [4.78, 5) is 13.2. The van der Waals surface area contributed by atoms with Gasteiger partial charge >= 0.3 is 6.18 Å². The SMILES string of the molecule is Cl.NC(C(=O)N1CCC(O)(C(F)(F)F)C1)C1CCOCC1. The second-order valence-corrected chi connectivity index (χ2v) is 5.51. The van der Waals surface area contributed by atoms with Crippen LogP contribution in [0.5, 0.6) is 0 Å². The number of alkyl halides is 3. The smallest absolute Gasteiger partial charge is 0.381 e. The van der Waals surface area contributed by atoms with Gasteiger partial charge in [-0.05, 0) is 18.8 Å². The van der Waals surface area contributed by atoms with E-state index < -0.39 is 36.7 Å². The molecule has 0 aromatic heterocycles. The Bertz CT molecular complexity index is 377. The molecule has 2 aliphatic rings. The highest BCUT2D eigenvalue weighted by Gasteiger charge is 2.58. The van der Waals surface area contributed by atoms with E-state index in [2.05, 4.69) is 0 Å². The van der Waals surface area contributed by atoms with Crippen LogP contribution in [-0.2, 0) is 9.53 Å². The van der Waals surface area contributed by atoms with Crippen LogP contribution in [0.1, 0.15) is 19.3 Å². The molecule has 2 atom stereocenters. The van der Waals surface area contributed by atoms with Crippen LogP contribution in [0.15, 0.2) is 0 Å². The predicted octanol–water partition coefficient (Wildman–Crippen LogP) is 0.688. The first-order valence-corrected chi connectivity index (χ1v) is 6.66. The number of amides is 1. The monoisotopic (exact) mass is 332 g/mol. The molecule has 2 saturated heterocycles. The maximum atomic E-state index is 12.7. The zero-order valence-electron chi connectivity index (χ0n) is 11.4. The van der Waals surface area contributed by atoms with Gasteiger partial charge in [-0.25, -0.2) is 0 Å². The molecule has 0 aromatic rings. The van der Waals surface area contributed by atoms with Crippen LogP contribution in [0.25, 0.3) is 0 Å². The number of aliphatic hydroxyl groups is 1. The van der Waals surface area contributed by atoms with Gasteiger partial charge in [0.2, 0.25) is 5.91 Å². The van der Waals surface area contributed by atoms with Crippen molar-refractivity contribution in [3.05, 3.63) is 0 Å². The average molecular weight is 333 g/mol. The standard InChI is InChI=1S/C12H19F3N2O3.ClH/c13-12(14,15)11(19)3-4-17(7-11)10(18)9(16)8-1-5-20-6-2-8;/h8-9,19H,1-7,16H2;1H. The molecule has 9 heteroatoms. The molecule has 1 amide bonds. The van der Waals surface area contributed by atoms with E-state index in [-0.39, 0.29) is 24.9 Å². The molecule has 3 N–H and O–H groups in total. The summed E-state index contributed by atoms with van der Waals surface area (Å²) in [6.45, 7) is 0.175. The first-order valence-electron chi connectivity index (χ1n) is 6.66. The highest BCUT2D eigenvalue weighted by atomic mass is 35.5. The van der Waals surface area contributed by atoms with Crippen LogP contribution in [0, 0.1) is 5.92 Å². The molecule has 5 nitrogen and oxygen atoms in total. The second-order valence-electron chi connectivity index (χ2n) is 5.51. The number of hydrogen-bond donors (Lipinski definition) is 2. The molecule has 0 saturated carbocycles. The molecule has 0 radical (unpaired) electrons. The van der Waals surface area contributed by atoms with Gasteiger partial charge in [-0.1, -0.05) is 0 Å². The summed E-state index contributed by atoms with van der Waals surface area (Å²) >= 11 is 0. The lowest BCUT2D eigenvalue weighted by Gasteiger charge is -2.31. The molecule has 124 valence electrons. The van der Waals surface area contributed by atoms with Gasteiger partial charge in [0.05, 0.1) is 12.6 Å². The van der Waals surface area contributed by atoms with Crippen LogP contribution in [-0.4, -0.2) is 60.0 Å². The van der Waals surface area contributed by atoms with E-state index in [4.69, 9.17) is 10.5 Å². The number of nitrogens with zero attached hydrogens (tertiary/aromatic N) is 1. The highest BCUT2D eigenvalue weighted by molar-refractivity contribution is 5.85. The topological polar surface area (TPSA) is 75.8 Å². The molecule has 0 aliphatic carbocycles. The van der Waals surface area contributed by atoms with Crippen molar-refractivity contribution in [2.45, 2.75) is 37.1 Å². The molecular weight excluding hydrogens is 313 g/mol. The molecule has 0 aromatic carbocycles. The number of carbonyl (C=O) groups excluding carboxylic acids is 1. The third-order valence-corrected chi connectivity index (χ3v) is 4.15. The number of nitrogens with two attached hydrogens (primary N) is 1. The average Bonchev–Trinajstić information content (AvgIpc) is 2.82. The lowest BCUT2D eigenvalue weighted by atomic mass is 9.91. The lowest BCUT2D eigenvalue weighted by Crippen LogP contribution is -2.52. The van der Waals surface area contributed by atoms with Crippen LogP contribution < -0.4 is 5.73 Å². The number of halogens is 4. The first kappa shape index (κ1) is 18.5. The van der Waals surface area contributed by atoms with Gasteiger partial charge in [0.1, 0.15) is 0 Å². The van der Waals surface area contributed by atoms with Crippen molar-refractivity contribution < 1.29 is 27.8 Å². The van der Waals surface area contributed by atoms with Crippen molar-refractivity contribution >= 4 is 18.3 Å². The van der Waals surface area contributed by atoms with Crippen molar-refractivity contribution in [2.24, 2.45) is 11.7 Å². The molecule has 2 aliphatic heterocycles. The zero-order chi connectivity index (χ0) is 15.0. The summed E-state index contributed by atoms with van der Waals surface area (Å²) < 4.78 is 43.3. The van der Waals surface area contributed by atoms with Gasteiger partial charge in [0.25, 0.3) is 0 Å². The molecule has 2 fully saturated rings. The van der Waals surface area contributed by atoms with E-state index in [1.807, 2.05) is 0 Å². The summed E-state index contributed by atoms with van der Waals surface area (Å²) in [6, 6.07) is -0.825. The summed E-state index contributed by atoms with van der Waals surface area (Å²) in [5.74, 6) is -0.590. The summed E-state index contributed by atoms with van der Waals surface area (Å²) in [7, 11) is 0. The molecule has 21 heavy (non-hydrogen) atoms. The van der Waals surface area contributed by atoms with E-state index in [0.29, 0.717) is 26.1 Å². The maximum absolute atomic E-state index is 12.7. The number of β-amino-alcohol motifs (C(OH)–C–C–N with tert-alkyl or cyclic N) is 1. The van der Waals surface area contributed by atoms with Crippen LogP contribution in [0.2, 0.25) is 0 Å². The number of likely N-dealkylation sites (tertiary alicyclic amines) is 1. The maximum Gasteiger partial charge on any atom is 0.419 e. The summed E-state index contributed by atoms with van der Waals surface area (Å²) in [6.07, 6.45) is -3.97. The van der Waals surface area contributed by atoms with Crippen LogP contribution >= 0.6 is 12.4 Å². The van der Waals surface area contributed by atoms with Gasteiger partial charge in [-0.3, -0.25) is 4.79 Å². The first-order chi connectivity index (χ1) is 9.24. The molecule has 2 rings (SSSR count). The quantitative estimate of drug-likeness (QED) is 0.780. The molecule has 2 unspecified atom stereocenters. The van der Waals surface area contributed by atoms with Crippen LogP contribution in [0.4, 0.5) is 13.2 Å². The van der Waals surface area contributed by atoms with E-state index >= 15 is 0 Å². The van der Waals surface area contributed by atoms with Crippen LogP contribution in [0.3, 0.4) is 0 Å². The predicted molar refractivity (Wildman–Crippen MR) is 71.0 cm³/mol. The van der Waals surface area contributed by atoms with Gasteiger partial charge in [0.15, 0.2) is 5.60 Å². The minimum Gasteiger partial charge on any atom is -0.381 e. The third kappa shape index (κ3) is 3.80. The Kier molecular flexibility index (Phi) is 5.88. The summed E-state index contributed by atoms with van der Waals surface area (Å²) in [5.41, 5.74) is 3.05. The molecule has 0 spiro atoms. The normalized spacial score (nSPS) is 29.1. The third-order valence-electron chi connectivity index (χ3n) is 4.15. The fourth-order valence-corrected chi connectivity index (χ4v) is 2.70. The van der Waals surface area contributed by atoms with Crippen molar-refractivity contribution in [3.8, 4) is 0 Å². The molecule has 0 bridgehead atoms. The number of ether oxygens (including phenoxy) is 1. The molecular formula is C12H20ClF3N2O3. The van der Waals surface area contributed by atoms with Gasteiger partial charge < -0.3 is 20.5 Å². The largest absolute Gasteiger partial charge is 0.419 e. The highest BCUT2D eigenvalue weighted by Crippen LogP contribution is 2.38. The van der Waals surface area contributed by atoms with Crippen molar-refractivity contribution in [1.82, 2.24) is 4.90 Å². The zero-order valence-corrected chi connectivity index (χ0v) is 12.3. The van der Waals surface area contributed by atoms with Crippen molar-refractivity contribution in [2.75, 3.05) is 26.3 Å². The Labute approximate surface area is 127 Å². The number of rotatable bonds is 2. The summed E-state index contributed by atoms with van der Waals surface area (Å²) in [5, 5.41) is 9.56. The molecule has 2 heterocycles. The van der Waals surface area contributed by atoms with Crippen molar-refractivity contribution in [1.29, 1.82) is 0 Å². The Morgan fingerprint density at radius 2 is 1.95 bits per heavy atom. The van der Waals surface area contributed by atoms with E-state index in [1.54, 1.807) is 0 Å². The van der Waals surface area contributed by atoms with Gasteiger partial charge in [0, 0.05) is 26.2 Å². The minimum atomic E-state index is -4.73. The van der Waals surface area contributed by atoms with E-state index in [1.165, 1.54) is 0 Å². The van der Waals surface area contributed by atoms with Gasteiger partial charge in [-0.2, -0.15) is 13.2 Å². The van der Waals surface area contributed by atoms with E-state index in [0.717, 1.165) is 4.90 Å². The number of hydrogen-bond acceptors (Lipinski definition) is 4. The Balaban J connectivity index is 0.00000220. The Morgan fingerprint density at radius 1 is 1.38 bits per heavy atom. The Morgan fingerprint density at radius 3 is 2.43 bits per heavy atom. The lowest BCUT2D eigenvalue weighted by molar-refractivity contribution is -0.253. The minimum absolute atomic E-state index is 0. The van der Waals surface area contributed by atoms with E-state index in [9.17, 15) is 23.1 Å². The van der Waals surface area contributed by atoms with Crippen molar-refractivity contribution in [3.63, 3.8) is 0 Å². The second kappa shape index (κ2) is 6.68. The fraction of sp³-hybridized carbons (Fsp3) is 0.917.